The number of methoxy groups -OCH3 is 1. The smallest absolute Gasteiger partial charge is 0.147 e. The summed E-state index contributed by atoms with van der Waals surface area (Å²) in [6, 6.07) is 13.5. The molecule has 0 saturated heterocycles. The van der Waals surface area contributed by atoms with Crippen molar-refractivity contribution in [2.24, 2.45) is 0 Å². The van der Waals surface area contributed by atoms with Gasteiger partial charge in [0.05, 0.1) is 12.9 Å². The Morgan fingerprint density at radius 1 is 1.24 bits per heavy atom. The van der Waals surface area contributed by atoms with Crippen LogP contribution in [0.4, 0.5) is 0 Å². The number of rotatable bonds is 6. The molecule has 0 aliphatic carbocycles. The van der Waals surface area contributed by atoms with E-state index in [9.17, 15) is 4.79 Å². The first kappa shape index (κ1) is 15.9. The van der Waals surface area contributed by atoms with E-state index in [2.05, 4.69) is 6.07 Å². The Morgan fingerprint density at radius 2 is 2.05 bits per heavy atom. The van der Waals surface area contributed by atoms with E-state index in [0.717, 1.165) is 10.5 Å². The molecule has 0 aliphatic heterocycles. The highest BCUT2D eigenvalue weighted by molar-refractivity contribution is 8.00. The van der Waals surface area contributed by atoms with Crippen LogP contribution in [-0.2, 0) is 11.2 Å². The summed E-state index contributed by atoms with van der Waals surface area (Å²) in [6.45, 7) is 2.04. The highest BCUT2D eigenvalue weighted by atomic mass is 35.5. The number of ketones is 1. The van der Waals surface area contributed by atoms with Crippen LogP contribution >= 0.6 is 23.4 Å². The Balaban J connectivity index is 1.97. The van der Waals surface area contributed by atoms with E-state index in [-0.39, 0.29) is 5.78 Å². The second-order valence-corrected chi connectivity index (χ2v) is 6.26. The third-order valence-electron chi connectivity index (χ3n) is 3.02. The monoisotopic (exact) mass is 320 g/mol. The van der Waals surface area contributed by atoms with Gasteiger partial charge in [-0.2, -0.15) is 0 Å². The minimum absolute atomic E-state index is 0.155. The average molecular weight is 321 g/mol. The molecule has 0 N–H and O–H groups in total. The maximum Gasteiger partial charge on any atom is 0.147 e. The number of ether oxygens (including phenoxy) is 1. The fourth-order valence-electron chi connectivity index (χ4n) is 2.02. The number of carbonyl (C=O) groups is 1. The number of hydrogen-bond donors (Lipinski definition) is 0. The Kier molecular flexibility index (Phi) is 5.71. The van der Waals surface area contributed by atoms with Gasteiger partial charge in [0, 0.05) is 21.9 Å². The average Bonchev–Trinajstić information content (AvgIpc) is 2.45. The maximum absolute atomic E-state index is 12.1. The summed E-state index contributed by atoms with van der Waals surface area (Å²) >= 11 is 7.53. The molecule has 0 saturated carbocycles. The van der Waals surface area contributed by atoms with Crippen LogP contribution in [0.5, 0.6) is 5.75 Å². The van der Waals surface area contributed by atoms with Gasteiger partial charge in [0.15, 0.2) is 0 Å². The molecule has 0 aliphatic rings. The van der Waals surface area contributed by atoms with E-state index in [1.165, 1.54) is 5.56 Å². The summed E-state index contributed by atoms with van der Waals surface area (Å²) in [4.78, 5) is 13.2. The van der Waals surface area contributed by atoms with Gasteiger partial charge in [0.1, 0.15) is 11.5 Å². The van der Waals surface area contributed by atoms with E-state index in [4.69, 9.17) is 16.3 Å². The summed E-state index contributed by atoms with van der Waals surface area (Å²) in [7, 11) is 1.60. The molecule has 2 aromatic carbocycles. The third kappa shape index (κ3) is 4.80. The molecule has 4 heteroatoms. The van der Waals surface area contributed by atoms with Crippen LogP contribution in [0.2, 0.25) is 5.02 Å². The van der Waals surface area contributed by atoms with Crippen LogP contribution < -0.4 is 4.74 Å². The number of halogens is 1. The van der Waals surface area contributed by atoms with E-state index in [0.29, 0.717) is 22.9 Å². The van der Waals surface area contributed by atoms with Crippen molar-refractivity contribution in [3.8, 4) is 5.75 Å². The molecule has 0 aromatic heterocycles. The van der Waals surface area contributed by atoms with Crippen LogP contribution in [0.1, 0.15) is 11.1 Å². The molecule has 0 unspecified atom stereocenters. The second-order valence-electron chi connectivity index (χ2n) is 4.78. The lowest BCUT2D eigenvalue weighted by Crippen LogP contribution is -2.07. The molecular formula is C17H17ClO2S. The lowest BCUT2D eigenvalue weighted by molar-refractivity contribution is -0.116. The molecule has 0 heterocycles. The van der Waals surface area contributed by atoms with Crippen molar-refractivity contribution in [2.75, 3.05) is 12.9 Å². The second kappa shape index (κ2) is 7.53. The van der Waals surface area contributed by atoms with Crippen LogP contribution in [-0.4, -0.2) is 18.6 Å². The van der Waals surface area contributed by atoms with Gasteiger partial charge < -0.3 is 4.74 Å². The van der Waals surface area contributed by atoms with Crippen LogP contribution in [0.25, 0.3) is 0 Å². The highest BCUT2D eigenvalue weighted by Crippen LogP contribution is 2.25. The molecule has 21 heavy (non-hydrogen) atoms. The van der Waals surface area contributed by atoms with Gasteiger partial charge in [-0.15, -0.1) is 11.8 Å². The Bertz CT molecular complexity index is 640. The van der Waals surface area contributed by atoms with Gasteiger partial charge in [-0.3, -0.25) is 4.79 Å². The van der Waals surface area contributed by atoms with Crippen molar-refractivity contribution < 1.29 is 9.53 Å². The predicted octanol–water partition coefficient (Wildman–Crippen LogP) is 4.56. The zero-order chi connectivity index (χ0) is 15.2. The number of aryl methyl sites for hydroxylation is 1. The van der Waals surface area contributed by atoms with Crippen molar-refractivity contribution in [3.05, 3.63) is 58.6 Å². The molecule has 2 rings (SSSR count). The van der Waals surface area contributed by atoms with Gasteiger partial charge in [-0.25, -0.2) is 0 Å². The lowest BCUT2D eigenvalue weighted by atomic mass is 10.1. The van der Waals surface area contributed by atoms with Crippen molar-refractivity contribution in [1.29, 1.82) is 0 Å². The van der Waals surface area contributed by atoms with E-state index >= 15 is 0 Å². The summed E-state index contributed by atoms with van der Waals surface area (Å²) in [5.41, 5.74) is 2.03. The number of Topliss-reactive ketones (excluding diaryl/α,β-unsaturated/α-hetero) is 1. The fraction of sp³-hybridized carbons (Fsp3) is 0.235. The zero-order valence-corrected chi connectivity index (χ0v) is 13.6. The number of hydrogen-bond acceptors (Lipinski definition) is 3. The minimum atomic E-state index is 0.155. The molecule has 0 bridgehead atoms. The third-order valence-corrected chi connectivity index (χ3v) is 4.31. The molecular weight excluding hydrogens is 304 g/mol. The standard InChI is InChI=1S/C17H17ClO2S/c1-12-4-3-5-16(8-12)21-11-15(19)10-13-9-14(18)6-7-17(13)20-2/h3-9H,10-11H2,1-2H3. The molecule has 0 radical (unpaired) electrons. The predicted molar refractivity (Wildman–Crippen MR) is 88.6 cm³/mol. The summed E-state index contributed by atoms with van der Waals surface area (Å²) in [5, 5.41) is 0.616. The molecule has 0 fully saturated rings. The van der Waals surface area contributed by atoms with E-state index in [1.54, 1.807) is 37.1 Å². The normalized spacial score (nSPS) is 10.4. The minimum Gasteiger partial charge on any atom is -0.496 e. The molecule has 0 amide bonds. The highest BCUT2D eigenvalue weighted by Gasteiger charge is 2.10. The largest absolute Gasteiger partial charge is 0.496 e. The zero-order valence-electron chi connectivity index (χ0n) is 12.1. The SMILES string of the molecule is COc1ccc(Cl)cc1CC(=O)CSc1cccc(C)c1. The number of carbonyl (C=O) groups excluding carboxylic acids is 1. The van der Waals surface area contributed by atoms with Crippen LogP contribution in [0.15, 0.2) is 47.4 Å². The van der Waals surface area contributed by atoms with Gasteiger partial charge in [-0.05, 0) is 37.3 Å². The molecule has 0 spiro atoms. The van der Waals surface area contributed by atoms with Gasteiger partial charge in [0.2, 0.25) is 0 Å². The topological polar surface area (TPSA) is 26.3 Å². The van der Waals surface area contributed by atoms with Gasteiger partial charge in [-0.1, -0.05) is 29.3 Å². The lowest BCUT2D eigenvalue weighted by Gasteiger charge is -2.08. The molecule has 110 valence electrons. The fourth-order valence-corrected chi connectivity index (χ4v) is 3.09. The van der Waals surface area contributed by atoms with E-state index in [1.807, 2.05) is 25.1 Å². The Labute approximate surface area is 134 Å². The summed E-state index contributed by atoms with van der Waals surface area (Å²) < 4.78 is 5.26. The van der Waals surface area contributed by atoms with E-state index < -0.39 is 0 Å². The molecule has 2 nitrogen and oxygen atoms in total. The van der Waals surface area contributed by atoms with Gasteiger partial charge in [0.25, 0.3) is 0 Å². The summed E-state index contributed by atoms with van der Waals surface area (Å²) in [5.74, 6) is 1.30. The van der Waals surface area contributed by atoms with Crippen molar-refractivity contribution in [3.63, 3.8) is 0 Å². The van der Waals surface area contributed by atoms with Crippen LogP contribution in [0.3, 0.4) is 0 Å². The first-order chi connectivity index (χ1) is 10.1. The molecule has 0 atom stereocenters. The first-order valence-corrected chi connectivity index (χ1v) is 7.98. The van der Waals surface area contributed by atoms with Crippen molar-refractivity contribution in [1.82, 2.24) is 0 Å². The van der Waals surface area contributed by atoms with Crippen LogP contribution in [0, 0.1) is 6.92 Å². The van der Waals surface area contributed by atoms with Crippen molar-refractivity contribution >= 4 is 29.1 Å². The maximum atomic E-state index is 12.1. The molecule has 2 aromatic rings. The first-order valence-electron chi connectivity index (χ1n) is 6.62. The summed E-state index contributed by atoms with van der Waals surface area (Å²) in [6.07, 6.45) is 0.336. The quantitative estimate of drug-likeness (QED) is 0.730. The Morgan fingerprint density at radius 3 is 2.76 bits per heavy atom. The number of thioether (sulfide) groups is 1. The van der Waals surface area contributed by atoms with Crippen molar-refractivity contribution in [2.45, 2.75) is 18.2 Å². The van der Waals surface area contributed by atoms with Gasteiger partial charge >= 0.3 is 0 Å². The Hall–Kier alpha value is -1.45. The number of benzene rings is 2.